The molecule has 2 unspecified atom stereocenters. The van der Waals surface area contributed by atoms with Gasteiger partial charge in [0.15, 0.2) is 0 Å². The van der Waals surface area contributed by atoms with Crippen LogP contribution in [-0.2, 0) is 14.3 Å². The molecule has 1 aromatic carbocycles. The number of ether oxygens (including phenoxy) is 1. The number of amides is 3. The van der Waals surface area contributed by atoms with Crippen LogP contribution in [-0.4, -0.2) is 64.0 Å². The minimum absolute atomic E-state index is 0.0512. The Morgan fingerprint density at radius 3 is 2.27 bits per heavy atom. The molecule has 182 valence electrons. The summed E-state index contributed by atoms with van der Waals surface area (Å²) in [6.07, 6.45) is 4.86. The minimum Gasteiger partial charge on any atom is -0.444 e. The van der Waals surface area contributed by atoms with E-state index in [-0.39, 0.29) is 12.3 Å². The van der Waals surface area contributed by atoms with Crippen molar-refractivity contribution in [3.05, 3.63) is 35.4 Å². The third-order valence-corrected chi connectivity index (χ3v) is 4.63. The highest BCUT2D eigenvalue weighted by atomic mass is 32.1. The number of rotatable bonds is 8. The van der Waals surface area contributed by atoms with Crippen LogP contribution in [0.1, 0.15) is 58.7 Å². The quantitative estimate of drug-likeness (QED) is 0.339. The standard InChI is InChI=1S/C24H35N3O5S/c1-8-16-11-9-10-12-17(16)19(20(29)26-23(2,3)4)27(13-14-28)21(30)18(15-33)25-22(31)32-24(5,6)7/h1,9-12,18-19,28,33H,13-15H2,2-7H3,(H,25,31)(H,26,29). The molecule has 1 aromatic rings. The maximum Gasteiger partial charge on any atom is 0.408 e. The molecule has 0 aromatic heterocycles. The molecule has 0 heterocycles. The summed E-state index contributed by atoms with van der Waals surface area (Å²) in [5.74, 6) is 1.42. The number of hydrogen-bond donors (Lipinski definition) is 4. The topological polar surface area (TPSA) is 108 Å². The molecule has 2 atom stereocenters. The van der Waals surface area contributed by atoms with Crippen molar-refractivity contribution in [3.63, 3.8) is 0 Å². The van der Waals surface area contributed by atoms with E-state index in [0.717, 1.165) is 0 Å². The van der Waals surface area contributed by atoms with Crippen molar-refractivity contribution in [1.82, 2.24) is 15.5 Å². The number of hydrogen-bond acceptors (Lipinski definition) is 6. The average molecular weight is 478 g/mol. The Bertz CT molecular complexity index is 883. The number of alkyl carbamates (subject to hydrolysis) is 1. The maximum atomic E-state index is 13.5. The van der Waals surface area contributed by atoms with Crippen molar-refractivity contribution in [2.24, 2.45) is 0 Å². The van der Waals surface area contributed by atoms with Crippen LogP contribution in [0, 0.1) is 12.3 Å². The van der Waals surface area contributed by atoms with Gasteiger partial charge in [-0.15, -0.1) is 6.42 Å². The van der Waals surface area contributed by atoms with Crippen molar-refractivity contribution >= 4 is 30.5 Å². The van der Waals surface area contributed by atoms with E-state index >= 15 is 0 Å². The second kappa shape index (κ2) is 12.0. The largest absolute Gasteiger partial charge is 0.444 e. The third-order valence-electron chi connectivity index (χ3n) is 4.26. The lowest BCUT2D eigenvalue weighted by Gasteiger charge is -2.35. The summed E-state index contributed by atoms with van der Waals surface area (Å²) in [6, 6.07) is 4.54. The Hall–Kier alpha value is -2.70. The van der Waals surface area contributed by atoms with E-state index in [4.69, 9.17) is 11.2 Å². The molecule has 3 N–H and O–H groups in total. The Morgan fingerprint density at radius 1 is 1.18 bits per heavy atom. The Balaban J connectivity index is 3.45. The molecule has 0 saturated heterocycles. The first-order chi connectivity index (χ1) is 15.2. The number of carbonyl (C=O) groups is 3. The number of aliphatic hydroxyl groups excluding tert-OH is 1. The first kappa shape index (κ1) is 28.3. The molecule has 9 heteroatoms. The zero-order valence-electron chi connectivity index (χ0n) is 20.1. The van der Waals surface area contributed by atoms with Crippen LogP contribution < -0.4 is 10.6 Å². The van der Waals surface area contributed by atoms with Gasteiger partial charge in [-0.3, -0.25) is 9.59 Å². The van der Waals surface area contributed by atoms with E-state index < -0.39 is 47.7 Å². The zero-order valence-corrected chi connectivity index (χ0v) is 21.0. The van der Waals surface area contributed by atoms with E-state index in [1.807, 2.05) is 20.8 Å². The smallest absolute Gasteiger partial charge is 0.408 e. The van der Waals surface area contributed by atoms with Gasteiger partial charge in [-0.05, 0) is 53.2 Å². The van der Waals surface area contributed by atoms with Crippen molar-refractivity contribution in [2.75, 3.05) is 18.9 Å². The van der Waals surface area contributed by atoms with Gasteiger partial charge < -0.3 is 25.4 Å². The Labute approximate surface area is 201 Å². The van der Waals surface area contributed by atoms with Crippen molar-refractivity contribution in [2.45, 2.75) is 64.8 Å². The second-order valence-corrected chi connectivity index (χ2v) is 9.88. The molecular formula is C24H35N3O5S. The first-order valence-corrected chi connectivity index (χ1v) is 11.3. The normalized spacial score (nSPS) is 13.3. The van der Waals surface area contributed by atoms with Gasteiger partial charge in [0.2, 0.25) is 11.8 Å². The average Bonchev–Trinajstić information content (AvgIpc) is 2.68. The van der Waals surface area contributed by atoms with Crippen LogP contribution in [0.5, 0.6) is 0 Å². The SMILES string of the molecule is C#Cc1ccccc1C(C(=O)NC(C)(C)C)N(CCO)C(=O)C(CS)NC(=O)OC(C)(C)C. The molecule has 8 nitrogen and oxygen atoms in total. The van der Waals surface area contributed by atoms with Crippen LogP contribution >= 0.6 is 12.6 Å². The summed E-state index contributed by atoms with van der Waals surface area (Å²) in [4.78, 5) is 40.4. The fourth-order valence-electron chi connectivity index (χ4n) is 3.07. The van der Waals surface area contributed by atoms with Gasteiger partial charge in [0.05, 0.1) is 6.61 Å². The van der Waals surface area contributed by atoms with Gasteiger partial charge in [-0.1, -0.05) is 24.1 Å². The summed E-state index contributed by atoms with van der Waals surface area (Å²) >= 11 is 4.21. The summed E-state index contributed by atoms with van der Waals surface area (Å²) in [6.45, 7) is 9.97. The van der Waals surface area contributed by atoms with Crippen LogP contribution in [0.2, 0.25) is 0 Å². The van der Waals surface area contributed by atoms with Gasteiger partial charge >= 0.3 is 6.09 Å². The summed E-state index contributed by atoms with van der Waals surface area (Å²) in [5, 5.41) is 15.1. The summed E-state index contributed by atoms with van der Waals surface area (Å²) in [7, 11) is 0. The lowest BCUT2D eigenvalue weighted by molar-refractivity contribution is -0.143. The highest BCUT2D eigenvalue weighted by molar-refractivity contribution is 7.80. The Kier molecular flexibility index (Phi) is 10.3. The third kappa shape index (κ3) is 8.98. The second-order valence-electron chi connectivity index (χ2n) is 9.51. The van der Waals surface area contributed by atoms with Gasteiger partial charge in [0.1, 0.15) is 17.7 Å². The van der Waals surface area contributed by atoms with Crippen molar-refractivity contribution < 1.29 is 24.2 Å². The molecule has 0 spiro atoms. The van der Waals surface area contributed by atoms with Crippen LogP contribution in [0.4, 0.5) is 4.79 Å². The number of nitrogens with one attached hydrogen (secondary N) is 2. The van der Waals surface area contributed by atoms with E-state index in [2.05, 4.69) is 29.2 Å². The number of nitrogens with zero attached hydrogens (tertiary/aromatic N) is 1. The van der Waals surface area contributed by atoms with Gasteiger partial charge in [0.25, 0.3) is 0 Å². The highest BCUT2D eigenvalue weighted by Gasteiger charge is 2.37. The molecule has 3 amide bonds. The number of thiol groups is 1. The van der Waals surface area contributed by atoms with Gasteiger partial charge in [-0.2, -0.15) is 12.6 Å². The summed E-state index contributed by atoms with van der Waals surface area (Å²) < 4.78 is 5.24. The molecule has 0 saturated carbocycles. The van der Waals surface area contributed by atoms with E-state index in [9.17, 15) is 19.5 Å². The fraction of sp³-hybridized carbons (Fsp3) is 0.542. The molecule has 1 rings (SSSR count). The lowest BCUT2D eigenvalue weighted by atomic mass is 9.96. The molecule has 0 aliphatic carbocycles. The molecule has 33 heavy (non-hydrogen) atoms. The number of aliphatic hydroxyl groups is 1. The van der Waals surface area contributed by atoms with Crippen molar-refractivity contribution in [1.29, 1.82) is 0 Å². The lowest BCUT2D eigenvalue weighted by Crippen LogP contribution is -2.55. The van der Waals surface area contributed by atoms with Gasteiger partial charge in [0, 0.05) is 23.4 Å². The molecule has 0 aliphatic rings. The fourth-order valence-corrected chi connectivity index (χ4v) is 3.31. The number of benzene rings is 1. The van der Waals surface area contributed by atoms with Crippen molar-refractivity contribution in [3.8, 4) is 12.3 Å². The van der Waals surface area contributed by atoms with Crippen LogP contribution in [0.25, 0.3) is 0 Å². The van der Waals surface area contributed by atoms with E-state index in [1.54, 1.807) is 45.0 Å². The highest BCUT2D eigenvalue weighted by Crippen LogP contribution is 2.26. The predicted octanol–water partition coefficient (Wildman–Crippen LogP) is 2.27. The zero-order chi connectivity index (χ0) is 25.4. The predicted molar refractivity (Wildman–Crippen MR) is 131 cm³/mol. The molecule has 0 aliphatic heterocycles. The minimum atomic E-state index is -1.14. The number of terminal acetylenes is 1. The van der Waals surface area contributed by atoms with Crippen LogP contribution in [0.15, 0.2) is 24.3 Å². The molecule has 0 radical (unpaired) electrons. The molecule has 0 fully saturated rings. The Morgan fingerprint density at radius 2 is 1.79 bits per heavy atom. The maximum absolute atomic E-state index is 13.5. The van der Waals surface area contributed by atoms with E-state index in [1.165, 1.54) is 4.90 Å². The molecular weight excluding hydrogens is 442 g/mol. The monoisotopic (exact) mass is 477 g/mol. The van der Waals surface area contributed by atoms with E-state index in [0.29, 0.717) is 11.1 Å². The molecule has 0 bridgehead atoms. The first-order valence-electron chi connectivity index (χ1n) is 10.6. The van der Waals surface area contributed by atoms with Gasteiger partial charge in [-0.25, -0.2) is 4.79 Å². The summed E-state index contributed by atoms with van der Waals surface area (Å²) in [5.41, 5.74) is -0.491. The number of carbonyl (C=O) groups excluding carboxylic acids is 3. The van der Waals surface area contributed by atoms with Crippen LogP contribution in [0.3, 0.4) is 0 Å².